The van der Waals surface area contributed by atoms with Crippen LogP contribution in [-0.2, 0) is 25.4 Å². The minimum Gasteiger partial charge on any atom is -0.497 e. The Labute approximate surface area is 121 Å². The molecule has 0 amide bonds. The third-order valence-electron chi connectivity index (χ3n) is 4.14. The van der Waals surface area contributed by atoms with Crippen LogP contribution in [0.4, 0.5) is 0 Å². The molecule has 1 heterocycles. The first-order valence-corrected chi connectivity index (χ1v) is 7.46. The molecule has 3 rings (SSSR count). The van der Waals surface area contributed by atoms with E-state index < -0.39 is 5.54 Å². The largest absolute Gasteiger partial charge is 0.497 e. The maximum absolute atomic E-state index is 11.8. The predicted octanol–water partition coefficient (Wildman–Crippen LogP) is 1.80. The molecule has 0 aliphatic heterocycles. The fourth-order valence-corrected chi connectivity index (χ4v) is 4.02. The number of fused-ring (bicyclic) bond motifs is 1. The Hall–Kier alpha value is -1.59. The number of hydrogen-bond donors (Lipinski definition) is 1. The third-order valence-corrected chi connectivity index (χ3v) is 5.21. The summed E-state index contributed by atoms with van der Waals surface area (Å²) in [5.74, 6) is 0.819. The first-order valence-electron chi connectivity index (χ1n) is 6.64. The van der Waals surface area contributed by atoms with Crippen molar-refractivity contribution in [3.8, 4) is 5.75 Å². The highest BCUT2D eigenvalue weighted by molar-refractivity contribution is 7.09. The van der Waals surface area contributed by atoms with Gasteiger partial charge in [0.25, 0.3) is 0 Å². The van der Waals surface area contributed by atoms with Crippen LogP contribution in [0.15, 0.2) is 29.1 Å². The summed E-state index contributed by atoms with van der Waals surface area (Å²) in [4.78, 5) is 13.0. The third kappa shape index (κ3) is 2.07. The zero-order valence-electron chi connectivity index (χ0n) is 11.7. The van der Waals surface area contributed by atoms with Crippen LogP contribution < -0.4 is 15.3 Å². The van der Waals surface area contributed by atoms with Gasteiger partial charge in [-0.15, -0.1) is 0 Å². The molecule has 1 unspecified atom stereocenters. The maximum atomic E-state index is 11.8. The Bertz CT molecular complexity index is 704. The van der Waals surface area contributed by atoms with E-state index in [1.54, 1.807) is 11.7 Å². The Kier molecular flexibility index (Phi) is 3.18. The lowest BCUT2D eigenvalue weighted by Gasteiger charge is -2.34. The van der Waals surface area contributed by atoms with Crippen LogP contribution in [0.25, 0.3) is 0 Å². The van der Waals surface area contributed by atoms with E-state index in [9.17, 15) is 4.79 Å². The van der Waals surface area contributed by atoms with Crippen LogP contribution in [0.2, 0.25) is 0 Å². The second-order valence-corrected chi connectivity index (χ2v) is 6.41. The first kappa shape index (κ1) is 13.4. The SMILES string of the molecule is COc1cccc(C2(N)CCc3c(sc(=O)n3C)C2)c1. The molecule has 0 bridgehead atoms. The summed E-state index contributed by atoms with van der Waals surface area (Å²) in [7, 11) is 3.50. The number of aromatic nitrogens is 1. The van der Waals surface area contributed by atoms with E-state index in [0.29, 0.717) is 0 Å². The molecule has 0 radical (unpaired) electrons. The van der Waals surface area contributed by atoms with Gasteiger partial charge < -0.3 is 15.0 Å². The molecule has 2 N–H and O–H groups in total. The average Bonchev–Trinajstić information content (AvgIpc) is 2.73. The van der Waals surface area contributed by atoms with Crippen molar-refractivity contribution < 1.29 is 4.74 Å². The lowest BCUT2D eigenvalue weighted by Crippen LogP contribution is -2.42. The minimum absolute atomic E-state index is 0.102. The smallest absolute Gasteiger partial charge is 0.307 e. The topological polar surface area (TPSA) is 57.2 Å². The summed E-state index contributed by atoms with van der Waals surface area (Å²) in [5, 5.41) is 0. The molecule has 106 valence electrons. The lowest BCUT2D eigenvalue weighted by atomic mass is 9.78. The highest BCUT2D eigenvalue weighted by Gasteiger charge is 2.34. The molecule has 1 aromatic carbocycles. The molecule has 1 aliphatic carbocycles. The van der Waals surface area contributed by atoms with Gasteiger partial charge in [0.2, 0.25) is 0 Å². The van der Waals surface area contributed by atoms with Crippen LogP contribution >= 0.6 is 11.3 Å². The second kappa shape index (κ2) is 4.75. The molecule has 0 saturated carbocycles. The van der Waals surface area contributed by atoms with Gasteiger partial charge in [-0.05, 0) is 30.5 Å². The number of ether oxygens (including phenoxy) is 1. The molecule has 1 aromatic heterocycles. The fraction of sp³-hybridized carbons (Fsp3) is 0.400. The normalized spacial score (nSPS) is 21.6. The van der Waals surface area contributed by atoms with Gasteiger partial charge >= 0.3 is 4.87 Å². The molecular weight excluding hydrogens is 272 g/mol. The highest BCUT2D eigenvalue weighted by atomic mass is 32.1. The summed E-state index contributed by atoms with van der Waals surface area (Å²) in [6.45, 7) is 0. The van der Waals surface area contributed by atoms with E-state index in [0.717, 1.165) is 41.1 Å². The molecule has 2 aromatic rings. The molecule has 0 saturated heterocycles. The number of rotatable bonds is 2. The molecule has 4 nitrogen and oxygen atoms in total. The molecule has 20 heavy (non-hydrogen) atoms. The Balaban J connectivity index is 2.00. The van der Waals surface area contributed by atoms with Crippen molar-refractivity contribution in [2.24, 2.45) is 12.8 Å². The van der Waals surface area contributed by atoms with E-state index >= 15 is 0 Å². The van der Waals surface area contributed by atoms with Crippen LogP contribution in [0.5, 0.6) is 5.75 Å². The molecule has 0 fully saturated rings. The van der Waals surface area contributed by atoms with Crippen LogP contribution in [-0.4, -0.2) is 11.7 Å². The monoisotopic (exact) mass is 290 g/mol. The number of hydrogen-bond acceptors (Lipinski definition) is 4. The summed E-state index contributed by atoms with van der Waals surface area (Å²) < 4.78 is 7.03. The van der Waals surface area contributed by atoms with E-state index in [4.69, 9.17) is 10.5 Å². The number of nitrogens with zero attached hydrogens (tertiary/aromatic N) is 1. The van der Waals surface area contributed by atoms with Gasteiger partial charge in [-0.25, -0.2) is 0 Å². The Morgan fingerprint density at radius 1 is 1.45 bits per heavy atom. The van der Waals surface area contributed by atoms with Crippen molar-refractivity contribution in [3.05, 3.63) is 50.1 Å². The van der Waals surface area contributed by atoms with Gasteiger partial charge in [0.05, 0.1) is 7.11 Å². The quantitative estimate of drug-likeness (QED) is 0.917. The van der Waals surface area contributed by atoms with Crippen LogP contribution in [0, 0.1) is 0 Å². The summed E-state index contributed by atoms with van der Waals surface area (Å²) in [6.07, 6.45) is 2.41. The summed E-state index contributed by atoms with van der Waals surface area (Å²) in [6, 6.07) is 7.92. The van der Waals surface area contributed by atoms with Crippen molar-refractivity contribution in [3.63, 3.8) is 0 Å². The summed E-state index contributed by atoms with van der Waals surface area (Å²) in [5.41, 5.74) is 8.42. The van der Waals surface area contributed by atoms with Crippen LogP contribution in [0.3, 0.4) is 0 Å². The van der Waals surface area contributed by atoms with Gasteiger partial charge in [0, 0.05) is 29.6 Å². The van der Waals surface area contributed by atoms with Crippen molar-refractivity contribution in [1.82, 2.24) is 4.57 Å². The van der Waals surface area contributed by atoms with E-state index in [1.165, 1.54) is 11.3 Å². The van der Waals surface area contributed by atoms with Gasteiger partial charge in [0.15, 0.2) is 0 Å². The zero-order chi connectivity index (χ0) is 14.3. The van der Waals surface area contributed by atoms with Crippen molar-refractivity contribution in [2.75, 3.05) is 7.11 Å². The Morgan fingerprint density at radius 2 is 2.25 bits per heavy atom. The molecule has 5 heteroatoms. The molecule has 0 spiro atoms. The summed E-state index contributed by atoms with van der Waals surface area (Å²) >= 11 is 1.32. The minimum atomic E-state index is -0.411. The fourth-order valence-electron chi connectivity index (χ4n) is 2.87. The van der Waals surface area contributed by atoms with Gasteiger partial charge in [-0.1, -0.05) is 23.5 Å². The van der Waals surface area contributed by atoms with Gasteiger partial charge in [-0.2, -0.15) is 0 Å². The molecular formula is C15H18N2O2S. The number of nitrogens with two attached hydrogens (primary N) is 1. The predicted molar refractivity (Wildman–Crippen MR) is 80.4 cm³/mol. The second-order valence-electron chi connectivity index (χ2n) is 5.36. The van der Waals surface area contributed by atoms with Crippen molar-refractivity contribution in [2.45, 2.75) is 24.8 Å². The zero-order valence-corrected chi connectivity index (χ0v) is 12.5. The Morgan fingerprint density at radius 3 is 3.00 bits per heavy atom. The van der Waals surface area contributed by atoms with Gasteiger partial charge in [-0.3, -0.25) is 4.79 Å². The number of thiazole rings is 1. The lowest BCUT2D eigenvalue weighted by molar-refractivity contribution is 0.375. The first-order chi connectivity index (χ1) is 9.53. The van der Waals surface area contributed by atoms with Crippen LogP contribution in [0.1, 0.15) is 22.6 Å². The average molecular weight is 290 g/mol. The van der Waals surface area contributed by atoms with E-state index in [1.807, 2.05) is 31.3 Å². The van der Waals surface area contributed by atoms with Gasteiger partial charge in [0.1, 0.15) is 5.75 Å². The highest BCUT2D eigenvalue weighted by Crippen LogP contribution is 2.36. The van der Waals surface area contributed by atoms with E-state index in [2.05, 4.69) is 0 Å². The van der Waals surface area contributed by atoms with Crippen molar-refractivity contribution >= 4 is 11.3 Å². The number of methoxy groups -OCH3 is 1. The molecule has 1 aliphatic rings. The van der Waals surface area contributed by atoms with Crippen molar-refractivity contribution in [1.29, 1.82) is 0 Å². The molecule has 1 atom stereocenters. The van der Waals surface area contributed by atoms with E-state index in [-0.39, 0.29) is 4.87 Å². The maximum Gasteiger partial charge on any atom is 0.307 e. The number of benzene rings is 1. The standard InChI is InChI=1S/C15H18N2O2S/c1-17-12-6-7-15(16,9-13(12)20-14(17)18)10-4-3-5-11(8-10)19-2/h3-5,8H,6-7,9,16H2,1-2H3.